The van der Waals surface area contributed by atoms with E-state index in [2.05, 4.69) is 16.0 Å². The van der Waals surface area contributed by atoms with Crippen molar-refractivity contribution in [2.24, 2.45) is 0 Å². The molecule has 8 heteroatoms. The zero-order valence-corrected chi connectivity index (χ0v) is 19.5. The van der Waals surface area contributed by atoms with Gasteiger partial charge in [-0.2, -0.15) is 11.8 Å². The smallest absolute Gasteiger partial charge is 0.243 e. The molecule has 0 radical (unpaired) electrons. The summed E-state index contributed by atoms with van der Waals surface area (Å²) in [6.45, 7) is 4.44. The number of carbonyl (C=O) groups is 2. The Balaban J connectivity index is 1.93. The Hall–Kier alpha value is -1.77. The summed E-state index contributed by atoms with van der Waals surface area (Å²) in [5.41, 5.74) is 2.45. The molecule has 2 amide bonds. The SMILES string of the molecule is CCN[C@@H](CCSC)C(=O)NC(=O)[C@H](C)NC1CCc2cc(OC)c(OC)cc2C1. The molecule has 168 valence electrons. The molecule has 0 aliphatic heterocycles. The first-order valence-electron chi connectivity index (χ1n) is 10.5. The van der Waals surface area contributed by atoms with E-state index < -0.39 is 6.04 Å². The van der Waals surface area contributed by atoms with Crippen LogP contribution in [0.2, 0.25) is 0 Å². The standard InChI is InChI=1S/C22H35N3O4S/c1-6-23-18(9-10-30-5)22(27)25-21(26)14(2)24-17-8-7-15-12-19(28-3)20(29-4)13-16(15)11-17/h12-14,17-18,23-24H,6-11H2,1-5H3,(H,25,26,27)/t14-,17?,18-/m0/s1. The minimum atomic E-state index is -0.455. The van der Waals surface area contributed by atoms with E-state index in [1.165, 1.54) is 11.1 Å². The number of ether oxygens (including phenoxy) is 2. The van der Waals surface area contributed by atoms with Crippen LogP contribution < -0.4 is 25.4 Å². The normalized spacial score (nSPS) is 17.6. The van der Waals surface area contributed by atoms with Gasteiger partial charge >= 0.3 is 0 Å². The number of carbonyl (C=O) groups excluding carboxylic acids is 2. The van der Waals surface area contributed by atoms with Gasteiger partial charge in [0.15, 0.2) is 11.5 Å². The monoisotopic (exact) mass is 437 g/mol. The maximum Gasteiger partial charge on any atom is 0.243 e. The topological polar surface area (TPSA) is 88.7 Å². The number of fused-ring (bicyclic) bond motifs is 1. The Bertz CT molecular complexity index is 729. The Labute approximate surface area is 184 Å². The summed E-state index contributed by atoms with van der Waals surface area (Å²) in [6.07, 6.45) is 5.32. The highest BCUT2D eigenvalue weighted by atomic mass is 32.2. The predicted octanol–water partition coefficient (Wildman–Crippen LogP) is 1.91. The highest BCUT2D eigenvalue weighted by Crippen LogP contribution is 2.34. The van der Waals surface area contributed by atoms with Gasteiger partial charge in [0.05, 0.1) is 26.3 Å². The van der Waals surface area contributed by atoms with E-state index in [0.717, 1.165) is 30.8 Å². The second kappa shape index (κ2) is 12.2. The van der Waals surface area contributed by atoms with Gasteiger partial charge in [0, 0.05) is 6.04 Å². The maximum atomic E-state index is 12.6. The van der Waals surface area contributed by atoms with Crippen LogP contribution >= 0.6 is 11.8 Å². The number of likely N-dealkylation sites (N-methyl/N-ethyl adjacent to an activating group) is 1. The van der Waals surface area contributed by atoms with Crippen molar-refractivity contribution in [2.45, 2.75) is 57.7 Å². The molecule has 1 aliphatic carbocycles. The Kier molecular flexibility index (Phi) is 9.94. The third kappa shape index (κ3) is 6.62. The molecule has 1 aromatic rings. The maximum absolute atomic E-state index is 12.6. The lowest BCUT2D eigenvalue weighted by molar-refractivity contribution is -0.132. The Morgan fingerprint density at radius 3 is 2.43 bits per heavy atom. The second-order valence-electron chi connectivity index (χ2n) is 7.55. The summed E-state index contributed by atoms with van der Waals surface area (Å²) < 4.78 is 10.8. The molecular weight excluding hydrogens is 402 g/mol. The molecule has 1 unspecified atom stereocenters. The van der Waals surface area contributed by atoms with E-state index in [-0.39, 0.29) is 23.9 Å². The van der Waals surface area contributed by atoms with Gasteiger partial charge in [0.25, 0.3) is 0 Å². The molecule has 0 saturated heterocycles. The molecule has 0 bridgehead atoms. The number of rotatable bonds is 11. The van der Waals surface area contributed by atoms with Gasteiger partial charge in [0.2, 0.25) is 11.8 Å². The van der Waals surface area contributed by atoms with Crippen LogP contribution in [0.4, 0.5) is 0 Å². The van der Waals surface area contributed by atoms with E-state index in [1.807, 2.05) is 25.3 Å². The zero-order valence-electron chi connectivity index (χ0n) is 18.7. The molecule has 0 aromatic heterocycles. The minimum Gasteiger partial charge on any atom is -0.493 e. The van der Waals surface area contributed by atoms with Crippen LogP contribution in [0.3, 0.4) is 0 Å². The van der Waals surface area contributed by atoms with E-state index in [9.17, 15) is 9.59 Å². The van der Waals surface area contributed by atoms with Crippen LogP contribution in [0.5, 0.6) is 11.5 Å². The summed E-state index contributed by atoms with van der Waals surface area (Å²) >= 11 is 1.69. The lowest BCUT2D eigenvalue weighted by Crippen LogP contribution is -2.53. The molecule has 7 nitrogen and oxygen atoms in total. The average molecular weight is 438 g/mol. The van der Waals surface area contributed by atoms with E-state index in [1.54, 1.807) is 32.9 Å². The first-order valence-corrected chi connectivity index (χ1v) is 11.9. The number of methoxy groups -OCH3 is 2. The first-order chi connectivity index (χ1) is 14.4. The number of imide groups is 1. The molecule has 0 saturated carbocycles. The summed E-state index contributed by atoms with van der Waals surface area (Å²) in [5.74, 6) is 1.78. The van der Waals surface area contributed by atoms with Crippen molar-refractivity contribution < 1.29 is 19.1 Å². The van der Waals surface area contributed by atoms with Gasteiger partial charge in [-0.15, -0.1) is 0 Å². The van der Waals surface area contributed by atoms with Crippen molar-refractivity contribution in [3.05, 3.63) is 23.3 Å². The van der Waals surface area contributed by atoms with Crippen molar-refractivity contribution in [1.82, 2.24) is 16.0 Å². The van der Waals surface area contributed by atoms with E-state index in [0.29, 0.717) is 18.7 Å². The first kappa shape index (κ1) is 24.5. The van der Waals surface area contributed by atoms with Crippen molar-refractivity contribution in [3.63, 3.8) is 0 Å². The fourth-order valence-electron chi connectivity index (χ4n) is 3.78. The quantitative estimate of drug-likeness (QED) is 0.487. The third-order valence-electron chi connectivity index (χ3n) is 5.44. The zero-order chi connectivity index (χ0) is 22.1. The number of hydrogen-bond acceptors (Lipinski definition) is 7. The Morgan fingerprint density at radius 1 is 1.17 bits per heavy atom. The Morgan fingerprint density at radius 2 is 1.83 bits per heavy atom. The molecule has 30 heavy (non-hydrogen) atoms. The van der Waals surface area contributed by atoms with Crippen molar-refractivity contribution >= 4 is 23.6 Å². The van der Waals surface area contributed by atoms with Gasteiger partial charge in [-0.3, -0.25) is 14.9 Å². The summed E-state index contributed by atoms with van der Waals surface area (Å²) in [6, 6.07) is 3.41. The van der Waals surface area contributed by atoms with Crippen molar-refractivity contribution in [1.29, 1.82) is 0 Å². The fourth-order valence-corrected chi connectivity index (χ4v) is 4.25. The van der Waals surface area contributed by atoms with Gasteiger partial charge in [-0.1, -0.05) is 6.92 Å². The summed E-state index contributed by atoms with van der Waals surface area (Å²) in [4.78, 5) is 25.1. The second-order valence-corrected chi connectivity index (χ2v) is 8.53. The average Bonchev–Trinajstić information content (AvgIpc) is 2.75. The number of amides is 2. The van der Waals surface area contributed by atoms with Crippen LogP contribution in [-0.4, -0.2) is 62.7 Å². The van der Waals surface area contributed by atoms with E-state index >= 15 is 0 Å². The van der Waals surface area contributed by atoms with Gasteiger partial charge in [-0.25, -0.2) is 0 Å². The lowest BCUT2D eigenvalue weighted by atomic mass is 9.87. The predicted molar refractivity (Wildman–Crippen MR) is 122 cm³/mol. The highest BCUT2D eigenvalue weighted by Gasteiger charge is 2.26. The minimum absolute atomic E-state index is 0.160. The lowest BCUT2D eigenvalue weighted by Gasteiger charge is -2.29. The fraction of sp³-hybridized carbons (Fsp3) is 0.636. The van der Waals surface area contributed by atoms with Crippen molar-refractivity contribution in [3.8, 4) is 11.5 Å². The van der Waals surface area contributed by atoms with Crippen LogP contribution in [0.25, 0.3) is 0 Å². The molecule has 1 aromatic carbocycles. The molecule has 0 heterocycles. The molecule has 1 aliphatic rings. The number of benzene rings is 1. The molecule has 2 rings (SSSR count). The molecular formula is C22H35N3O4S. The third-order valence-corrected chi connectivity index (χ3v) is 6.08. The number of thioether (sulfide) groups is 1. The van der Waals surface area contributed by atoms with Crippen LogP contribution in [-0.2, 0) is 22.4 Å². The number of aryl methyl sites for hydroxylation is 1. The number of nitrogens with one attached hydrogen (secondary N) is 3. The van der Waals surface area contributed by atoms with E-state index in [4.69, 9.17) is 9.47 Å². The summed E-state index contributed by atoms with van der Waals surface area (Å²) in [7, 11) is 3.27. The van der Waals surface area contributed by atoms with Gasteiger partial charge in [0.1, 0.15) is 0 Å². The molecule has 0 spiro atoms. The van der Waals surface area contributed by atoms with Crippen LogP contribution in [0, 0.1) is 0 Å². The van der Waals surface area contributed by atoms with Crippen LogP contribution in [0.15, 0.2) is 12.1 Å². The largest absolute Gasteiger partial charge is 0.493 e. The number of hydrogen-bond donors (Lipinski definition) is 3. The molecule has 3 atom stereocenters. The van der Waals surface area contributed by atoms with Crippen molar-refractivity contribution in [2.75, 3.05) is 32.8 Å². The molecule has 0 fully saturated rings. The van der Waals surface area contributed by atoms with Gasteiger partial charge < -0.3 is 20.1 Å². The highest BCUT2D eigenvalue weighted by molar-refractivity contribution is 7.98. The van der Waals surface area contributed by atoms with Crippen LogP contribution in [0.1, 0.15) is 37.8 Å². The van der Waals surface area contributed by atoms with Gasteiger partial charge in [-0.05, 0) is 74.4 Å². The molecule has 3 N–H and O–H groups in total. The summed E-state index contributed by atoms with van der Waals surface area (Å²) in [5, 5.41) is 9.10.